The minimum atomic E-state index is -0.111. The van der Waals surface area contributed by atoms with Gasteiger partial charge in [-0.1, -0.05) is 157 Å². The number of fused-ring (bicyclic) bond motifs is 13. The van der Waals surface area contributed by atoms with Gasteiger partial charge in [-0.25, -0.2) is 9.97 Å². The summed E-state index contributed by atoms with van der Waals surface area (Å²) >= 11 is 9.42. The van der Waals surface area contributed by atoms with Crippen LogP contribution in [0.4, 0.5) is 0 Å². The fourth-order valence-corrected chi connectivity index (χ4v) is 11.4. The third-order valence-electron chi connectivity index (χ3n) is 12.0. The van der Waals surface area contributed by atoms with Crippen LogP contribution in [0.25, 0.3) is 86.7 Å². The highest BCUT2D eigenvalue weighted by Gasteiger charge is 2.39. The zero-order chi connectivity index (χ0) is 36.0. The van der Waals surface area contributed by atoms with Crippen LogP contribution in [0.15, 0.2) is 130 Å². The summed E-state index contributed by atoms with van der Waals surface area (Å²) in [4.78, 5) is 13.8. The van der Waals surface area contributed by atoms with Gasteiger partial charge in [0, 0.05) is 41.7 Å². The Labute approximate surface area is 328 Å². The molecular formula is C48H32Br2N2S. The molecule has 2 aromatic heterocycles. The summed E-state index contributed by atoms with van der Waals surface area (Å²) in [5.74, 6) is 0. The monoisotopic (exact) mass is 826 g/mol. The van der Waals surface area contributed by atoms with E-state index < -0.39 is 0 Å². The van der Waals surface area contributed by atoms with Gasteiger partial charge >= 0.3 is 0 Å². The molecule has 11 rings (SSSR count). The second-order valence-corrected chi connectivity index (χ2v) is 18.4. The van der Waals surface area contributed by atoms with E-state index in [0.717, 1.165) is 51.5 Å². The lowest BCUT2D eigenvalue weighted by Crippen LogP contribution is -2.14. The number of hydrogen-bond acceptors (Lipinski definition) is 3. The molecule has 0 unspecified atom stereocenters. The van der Waals surface area contributed by atoms with Crippen molar-refractivity contribution in [2.45, 2.75) is 38.5 Å². The van der Waals surface area contributed by atoms with Gasteiger partial charge in [0.2, 0.25) is 0 Å². The molecule has 53 heavy (non-hydrogen) atoms. The fourth-order valence-electron chi connectivity index (χ4n) is 9.47. The topological polar surface area (TPSA) is 25.8 Å². The molecule has 2 aliphatic rings. The minimum absolute atomic E-state index is 0.111. The first kappa shape index (κ1) is 31.8. The van der Waals surface area contributed by atoms with Gasteiger partial charge in [-0.05, 0) is 79.5 Å². The first-order valence-electron chi connectivity index (χ1n) is 18.0. The molecule has 0 N–H and O–H groups in total. The number of benzene rings is 7. The molecule has 9 aromatic rings. The van der Waals surface area contributed by atoms with Crippen LogP contribution in [-0.4, -0.2) is 9.97 Å². The van der Waals surface area contributed by atoms with Gasteiger partial charge in [-0.2, -0.15) is 0 Å². The molecule has 7 aromatic carbocycles. The molecular weight excluding hydrogens is 796 g/mol. The third kappa shape index (κ3) is 4.24. The summed E-state index contributed by atoms with van der Waals surface area (Å²) in [5.41, 5.74) is 16.6. The Morgan fingerprint density at radius 1 is 0.415 bits per heavy atom. The summed E-state index contributed by atoms with van der Waals surface area (Å²) in [6.07, 6.45) is 0. The fraction of sp³-hybridized carbons (Fsp3) is 0.125. The standard InChI is InChI=1S/C48H32Br2N2S/c1-47(2)35-15-7-5-11-29(35)39-31(13-9-17-37(39)47)45-43-44(46(53-45)32-14-10-18-38-40(32)30-12-6-8-16-36(30)48(38,3)4)52-42-34-24-26(50)20-22-28(34)27-21-19-25(49)23-33(27)41(42)51-43/h5-24H,1-4H3. The number of hydrogen-bond donors (Lipinski definition) is 0. The van der Waals surface area contributed by atoms with Crippen molar-refractivity contribution in [2.75, 3.05) is 0 Å². The molecule has 0 amide bonds. The maximum Gasteiger partial charge on any atom is 0.109 e. The molecule has 0 aliphatic heterocycles. The molecule has 0 fully saturated rings. The number of rotatable bonds is 2. The summed E-state index contributed by atoms with van der Waals surface area (Å²) < 4.78 is 2.05. The largest absolute Gasteiger partial charge is 0.242 e. The van der Waals surface area contributed by atoms with Crippen molar-refractivity contribution in [3.8, 4) is 43.1 Å². The van der Waals surface area contributed by atoms with Crippen LogP contribution < -0.4 is 0 Å². The van der Waals surface area contributed by atoms with Gasteiger partial charge < -0.3 is 0 Å². The smallest absolute Gasteiger partial charge is 0.109 e. The number of nitrogens with zero attached hydrogens (tertiary/aromatic N) is 2. The minimum Gasteiger partial charge on any atom is -0.242 e. The summed E-state index contributed by atoms with van der Waals surface area (Å²) in [7, 11) is 0. The van der Waals surface area contributed by atoms with Crippen molar-refractivity contribution in [3.63, 3.8) is 0 Å². The van der Waals surface area contributed by atoms with E-state index in [4.69, 9.17) is 9.97 Å². The molecule has 2 heterocycles. The maximum atomic E-state index is 5.75. The van der Waals surface area contributed by atoms with Crippen LogP contribution in [0.2, 0.25) is 0 Å². The van der Waals surface area contributed by atoms with E-state index in [1.807, 2.05) is 11.3 Å². The number of aromatic nitrogens is 2. The van der Waals surface area contributed by atoms with Gasteiger partial charge in [0.05, 0.1) is 20.8 Å². The molecule has 2 aliphatic carbocycles. The van der Waals surface area contributed by atoms with E-state index in [1.165, 1.54) is 66.4 Å². The van der Waals surface area contributed by atoms with Crippen molar-refractivity contribution in [1.82, 2.24) is 9.97 Å². The number of halogens is 2. The number of thiophene rings is 1. The maximum absolute atomic E-state index is 5.75. The van der Waals surface area contributed by atoms with Crippen molar-refractivity contribution in [2.24, 2.45) is 0 Å². The van der Waals surface area contributed by atoms with Crippen LogP contribution in [-0.2, 0) is 10.8 Å². The molecule has 0 radical (unpaired) electrons. The normalized spacial score (nSPS) is 14.9. The van der Waals surface area contributed by atoms with Crippen molar-refractivity contribution in [3.05, 3.63) is 153 Å². The second-order valence-electron chi connectivity index (χ2n) is 15.6. The lowest BCUT2D eigenvalue weighted by molar-refractivity contribution is 0.660. The molecule has 0 spiro atoms. The van der Waals surface area contributed by atoms with Gasteiger partial charge in [0.25, 0.3) is 0 Å². The zero-order valence-electron chi connectivity index (χ0n) is 29.6. The van der Waals surface area contributed by atoms with Gasteiger partial charge in [0.1, 0.15) is 11.0 Å². The quantitative estimate of drug-likeness (QED) is 0.162. The van der Waals surface area contributed by atoms with E-state index >= 15 is 0 Å². The van der Waals surface area contributed by atoms with Crippen molar-refractivity contribution >= 4 is 86.8 Å². The zero-order valence-corrected chi connectivity index (χ0v) is 33.6. The highest BCUT2D eigenvalue weighted by molar-refractivity contribution is 9.10. The first-order valence-corrected chi connectivity index (χ1v) is 20.5. The highest BCUT2D eigenvalue weighted by Crippen LogP contribution is 2.57. The Hall–Kier alpha value is -4.68. The summed E-state index contributed by atoms with van der Waals surface area (Å²) in [6.45, 7) is 9.41. The Morgan fingerprint density at radius 2 is 0.811 bits per heavy atom. The SMILES string of the molecule is CC1(C)c2ccccc2-c2c(-c3sc(-c4cccc5c4-c4ccccc4C5(C)C)c4nc5c6cc(Br)ccc6c6ccc(Br)cc6c5nc34)cccc21. The molecule has 0 saturated heterocycles. The van der Waals surface area contributed by atoms with Crippen LogP contribution in [0.3, 0.4) is 0 Å². The Bertz CT molecular complexity index is 2890. The lowest BCUT2D eigenvalue weighted by atomic mass is 9.82. The summed E-state index contributed by atoms with van der Waals surface area (Å²) in [6, 6.07) is 44.6. The van der Waals surface area contributed by atoms with Crippen LogP contribution in [0.1, 0.15) is 49.9 Å². The molecule has 0 bridgehead atoms. The van der Waals surface area contributed by atoms with Gasteiger partial charge in [-0.3, -0.25) is 0 Å². The highest BCUT2D eigenvalue weighted by atomic mass is 79.9. The Balaban J connectivity index is 1.32. The van der Waals surface area contributed by atoms with E-state index in [1.54, 1.807) is 0 Å². The molecule has 0 saturated carbocycles. The van der Waals surface area contributed by atoms with E-state index in [2.05, 4.69) is 181 Å². The van der Waals surface area contributed by atoms with Crippen LogP contribution in [0, 0.1) is 0 Å². The lowest BCUT2D eigenvalue weighted by Gasteiger charge is -2.21. The summed E-state index contributed by atoms with van der Waals surface area (Å²) in [5, 5.41) is 4.53. The first-order chi connectivity index (χ1) is 25.6. The second kappa shape index (κ2) is 10.9. The predicted molar refractivity (Wildman–Crippen MR) is 231 cm³/mol. The van der Waals surface area contributed by atoms with Gasteiger partial charge in [0.15, 0.2) is 0 Å². The average Bonchev–Trinajstić information content (AvgIpc) is 3.74. The molecule has 254 valence electrons. The Morgan fingerprint density at radius 3 is 1.26 bits per heavy atom. The predicted octanol–water partition coefficient (Wildman–Crippen LogP) is 14.6. The van der Waals surface area contributed by atoms with Crippen LogP contribution >= 0.6 is 43.2 Å². The molecule has 2 nitrogen and oxygen atoms in total. The third-order valence-corrected chi connectivity index (χ3v) is 14.2. The van der Waals surface area contributed by atoms with Crippen molar-refractivity contribution in [1.29, 1.82) is 0 Å². The molecule has 0 atom stereocenters. The average molecular weight is 829 g/mol. The Kier molecular flexibility index (Phi) is 6.57. The van der Waals surface area contributed by atoms with Crippen molar-refractivity contribution < 1.29 is 0 Å². The van der Waals surface area contributed by atoms with E-state index in [9.17, 15) is 0 Å². The van der Waals surface area contributed by atoms with E-state index in [-0.39, 0.29) is 10.8 Å². The van der Waals surface area contributed by atoms with Crippen LogP contribution in [0.5, 0.6) is 0 Å². The van der Waals surface area contributed by atoms with Gasteiger partial charge in [-0.15, -0.1) is 11.3 Å². The molecule has 5 heteroatoms. The van der Waals surface area contributed by atoms with E-state index in [0.29, 0.717) is 0 Å².